The average molecular weight is 275 g/mol. The Hall–Kier alpha value is -1.43. The number of rotatable bonds is 6. The van der Waals surface area contributed by atoms with Crippen LogP contribution in [0.4, 0.5) is 5.69 Å². The summed E-state index contributed by atoms with van der Waals surface area (Å²) in [7, 11) is -3.27. The molecule has 100 valence electrons. The summed E-state index contributed by atoms with van der Waals surface area (Å²) in [4.78, 5) is 9.99. The number of benzene rings is 1. The zero-order valence-electron chi connectivity index (χ0n) is 10.0. The lowest BCUT2D eigenvalue weighted by atomic mass is 10.2. The molecule has 1 unspecified atom stereocenters. The van der Waals surface area contributed by atoms with Crippen molar-refractivity contribution < 1.29 is 23.6 Å². The second kappa shape index (κ2) is 5.95. The lowest BCUT2D eigenvalue weighted by molar-refractivity contribution is -0.385. The second-order valence-electron chi connectivity index (χ2n) is 3.49. The molecule has 0 saturated carbocycles. The quantitative estimate of drug-likeness (QED) is 0.486. The second-order valence-corrected chi connectivity index (χ2v) is 5.47. The highest BCUT2D eigenvalue weighted by Gasteiger charge is 2.20. The van der Waals surface area contributed by atoms with Crippen LogP contribution in [-0.2, 0) is 15.7 Å². The van der Waals surface area contributed by atoms with Crippen LogP contribution in [0.2, 0.25) is 0 Å². The van der Waals surface area contributed by atoms with E-state index in [-0.39, 0.29) is 23.6 Å². The Labute approximate surface area is 104 Å². The largest absolute Gasteiger partial charge is 0.424 e. The molecule has 1 N–H and O–H groups in total. The standard InChI is InChI=1S/C10H14NO6P/c1-3-16-18(2,15)17-10-5-4-9(11(13)14)6-8(10)7-12/h4-6,12H,3,7H2,1-2H3. The lowest BCUT2D eigenvalue weighted by Crippen LogP contribution is -2.00. The van der Waals surface area contributed by atoms with Crippen molar-refractivity contribution in [1.82, 2.24) is 0 Å². The van der Waals surface area contributed by atoms with Crippen molar-refractivity contribution in [3.05, 3.63) is 33.9 Å². The normalized spacial score (nSPS) is 13.9. The number of non-ortho nitro benzene ring substituents is 1. The minimum absolute atomic E-state index is 0.113. The molecule has 0 fully saturated rings. The van der Waals surface area contributed by atoms with Crippen LogP contribution < -0.4 is 4.52 Å². The third-order valence-corrected chi connectivity index (χ3v) is 3.31. The summed E-state index contributed by atoms with van der Waals surface area (Å²) in [5, 5.41) is 19.7. The van der Waals surface area contributed by atoms with Crippen LogP contribution in [0.15, 0.2) is 18.2 Å². The predicted octanol–water partition coefficient (Wildman–Crippen LogP) is 2.33. The average Bonchev–Trinajstić information content (AvgIpc) is 2.28. The fourth-order valence-electron chi connectivity index (χ4n) is 1.33. The predicted molar refractivity (Wildman–Crippen MR) is 64.8 cm³/mol. The van der Waals surface area contributed by atoms with E-state index in [0.717, 1.165) is 0 Å². The van der Waals surface area contributed by atoms with E-state index < -0.39 is 19.1 Å². The van der Waals surface area contributed by atoms with Gasteiger partial charge in [0, 0.05) is 24.4 Å². The molecule has 0 bridgehead atoms. The van der Waals surface area contributed by atoms with Gasteiger partial charge in [0.15, 0.2) is 0 Å². The summed E-state index contributed by atoms with van der Waals surface area (Å²) in [5.74, 6) is 0.113. The minimum Gasteiger partial charge on any atom is -0.424 e. The molecule has 0 spiro atoms. The molecule has 1 rings (SSSR count). The molecule has 0 aromatic heterocycles. The van der Waals surface area contributed by atoms with E-state index in [1.165, 1.54) is 24.9 Å². The highest BCUT2D eigenvalue weighted by atomic mass is 31.2. The van der Waals surface area contributed by atoms with Crippen LogP contribution >= 0.6 is 7.60 Å². The molecule has 1 aromatic carbocycles. The molecule has 0 aliphatic carbocycles. The van der Waals surface area contributed by atoms with Crippen LogP contribution in [0.1, 0.15) is 12.5 Å². The first-order chi connectivity index (χ1) is 8.39. The molecule has 8 heteroatoms. The molecule has 0 amide bonds. The Kier molecular flexibility index (Phi) is 4.84. The zero-order valence-corrected chi connectivity index (χ0v) is 10.9. The molecule has 7 nitrogen and oxygen atoms in total. The fraction of sp³-hybridized carbons (Fsp3) is 0.400. The number of nitro benzene ring substituents is 1. The van der Waals surface area contributed by atoms with Gasteiger partial charge in [0.05, 0.1) is 18.1 Å². The molecule has 0 aliphatic rings. The number of hydrogen-bond donors (Lipinski definition) is 1. The molecule has 1 aromatic rings. The van der Waals surface area contributed by atoms with Gasteiger partial charge in [0.25, 0.3) is 5.69 Å². The molecule has 0 heterocycles. The van der Waals surface area contributed by atoms with Gasteiger partial charge in [-0.1, -0.05) is 0 Å². The van der Waals surface area contributed by atoms with Crippen molar-refractivity contribution in [1.29, 1.82) is 0 Å². The van der Waals surface area contributed by atoms with Gasteiger partial charge in [-0.15, -0.1) is 0 Å². The van der Waals surface area contributed by atoms with Crippen molar-refractivity contribution in [2.75, 3.05) is 13.3 Å². The molecule has 18 heavy (non-hydrogen) atoms. The first-order valence-corrected chi connectivity index (χ1v) is 7.18. The van der Waals surface area contributed by atoms with Crippen molar-refractivity contribution in [2.45, 2.75) is 13.5 Å². The van der Waals surface area contributed by atoms with Crippen molar-refractivity contribution >= 4 is 13.3 Å². The zero-order chi connectivity index (χ0) is 13.8. The van der Waals surface area contributed by atoms with Gasteiger partial charge in [0.2, 0.25) is 0 Å². The Morgan fingerprint density at radius 2 is 2.17 bits per heavy atom. The van der Waals surface area contributed by atoms with Crippen molar-refractivity contribution in [3.8, 4) is 5.75 Å². The molecular formula is C10H14NO6P. The van der Waals surface area contributed by atoms with E-state index in [0.29, 0.717) is 0 Å². The molecular weight excluding hydrogens is 261 g/mol. The van der Waals surface area contributed by atoms with E-state index in [9.17, 15) is 14.7 Å². The third-order valence-electron chi connectivity index (χ3n) is 2.05. The lowest BCUT2D eigenvalue weighted by Gasteiger charge is -2.16. The summed E-state index contributed by atoms with van der Waals surface area (Å²) >= 11 is 0. The summed E-state index contributed by atoms with van der Waals surface area (Å²) in [6.07, 6.45) is 0. The van der Waals surface area contributed by atoms with Gasteiger partial charge >= 0.3 is 7.60 Å². The Morgan fingerprint density at radius 3 is 2.67 bits per heavy atom. The van der Waals surface area contributed by atoms with Crippen LogP contribution in [0.25, 0.3) is 0 Å². The number of aliphatic hydroxyl groups is 1. The van der Waals surface area contributed by atoms with Crippen LogP contribution in [-0.4, -0.2) is 23.3 Å². The highest BCUT2D eigenvalue weighted by Crippen LogP contribution is 2.45. The number of nitro groups is 1. The molecule has 0 saturated heterocycles. The maximum Gasteiger partial charge on any atom is 0.376 e. The van der Waals surface area contributed by atoms with Crippen molar-refractivity contribution in [3.63, 3.8) is 0 Å². The maximum atomic E-state index is 11.8. The van der Waals surface area contributed by atoms with Gasteiger partial charge in [0.1, 0.15) is 5.75 Å². The van der Waals surface area contributed by atoms with E-state index in [2.05, 4.69) is 0 Å². The third kappa shape index (κ3) is 3.80. The van der Waals surface area contributed by atoms with Gasteiger partial charge < -0.3 is 14.2 Å². The Balaban J connectivity index is 3.03. The van der Waals surface area contributed by atoms with E-state index in [1.807, 2.05) is 0 Å². The topological polar surface area (TPSA) is 98.9 Å². The SMILES string of the molecule is CCOP(C)(=O)Oc1ccc([N+](=O)[O-])cc1CO. The minimum atomic E-state index is -3.27. The summed E-state index contributed by atoms with van der Waals surface area (Å²) < 4.78 is 21.9. The van der Waals surface area contributed by atoms with E-state index in [1.54, 1.807) is 6.92 Å². The van der Waals surface area contributed by atoms with Crippen LogP contribution in [0, 0.1) is 10.1 Å². The van der Waals surface area contributed by atoms with Crippen LogP contribution in [0.5, 0.6) is 5.75 Å². The molecule has 1 atom stereocenters. The van der Waals surface area contributed by atoms with E-state index >= 15 is 0 Å². The van der Waals surface area contributed by atoms with Gasteiger partial charge in [-0.3, -0.25) is 10.1 Å². The molecule has 0 radical (unpaired) electrons. The highest BCUT2D eigenvalue weighted by molar-refractivity contribution is 7.53. The summed E-state index contributed by atoms with van der Waals surface area (Å²) in [6, 6.07) is 3.67. The maximum absolute atomic E-state index is 11.8. The number of hydrogen-bond acceptors (Lipinski definition) is 6. The fourth-order valence-corrected chi connectivity index (χ4v) is 2.39. The van der Waals surface area contributed by atoms with Gasteiger partial charge in [-0.25, -0.2) is 4.57 Å². The van der Waals surface area contributed by atoms with E-state index in [4.69, 9.17) is 14.2 Å². The molecule has 0 aliphatic heterocycles. The Bertz CT molecular complexity index is 489. The monoisotopic (exact) mass is 275 g/mol. The first-order valence-electron chi connectivity index (χ1n) is 5.19. The van der Waals surface area contributed by atoms with Gasteiger partial charge in [-0.2, -0.15) is 0 Å². The Morgan fingerprint density at radius 1 is 1.50 bits per heavy atom. The van der Waals surface area contributed by atoms with Crippen LogP contribution in [0.3, 0.4) is 0 Å². The summed E-state index contributed by atoms with van der Waals surface area (Å²) in [6.45, 7) is 2.72. The van der Waals surface area contributed by atoms with Gasteiger partial charge in [-0.05, 0) is 13.0 Å². The van der Waals surface area contributed by atoms with Crippen molar-refractivity contribution in [2.24, 2.45) is 0 Å². The smallest absolute Gasteiger partial charge is 0.376 e. The summed E-state index contributed by atoms with van der Waals surface area (Å²) in [5.41, 5.74) is 0.0136. The first kappa shape index (κ1) is 14.6. The number of aliphatic hydroxyl groups excluding tert-OH is 1. The number of nitrogens with zero attached hydrogens (tertiary/aromatic N) is 1.